The number of methoxy groups -OCH3 is 3. The van der Waals surface area contributed by atoms with Gasteiger partial charge in [0, 0.05) is 6.54 Å². The van der Waals surface area contributed by atoms with Gasteiger partial charge in [-0.25, -0.2) is 4.79 Å². The SMILES string of the molecule is CCCCCN(C(=O)N[C@H](CO)C(N)=O)C(=O)C(c1cc(OC)c(OC)c(OC)c1)C1CCCCC1. The highest BCUT2D eigenvalue weighted by atomic mass is 16.5. The summed E-state index contributed by atoms with van der Waals surface area (Å²) in [4.78, 5) is 40.2. The molecule has 1 aliphatic rings. The molecule has 36 heavy (non-hydrogen) atoms. The molecule has 1 aliphatic carbocycles. The fraction of sp³-hybridized carbons (Fsp3) is 0.654. The van der Waals surface area contributed by atoms with E-state index in [0.717, 1.165) is 49.8 Å². The number of aliphatic hydroxyl groups is 1. The summed E-state index contributed by atoms with van der Waals surface area (Å²) in [5.74, 6) is -0.588. The van der Waals surface area contributed by atoms with Crippen LogP contribution in [-0.2, 0) is 9.59 Å². The second-order valence-corrected chi connectivity index (χ2v) is 9.12. The van der Waals surface area contributed by atoms with E-state index in [-0.39, 0.29) is 18.4 Å². The number of aliphatic hydroxyl groups excluding tert-OH is 1. The van der Waals surface area contributed by atoms with Gasteiger partial charge in [-0.15, -0.1) is 0 Å². The predicted molar refractivity (Wildman–Crippen MR) is 135 cm³/mol. The Kier molecular flexibility index (Phi) is 11.8. The van der Waals surface area contributed by atoms with Gasteiger partial charge < -0.3 is 30.4 Å². The fourth-order valence-electron chi connectivity index (χ4n) is 4.80. The Morgan fingerprint density at radius 2 is 1.67 bits per heavy atom. The fourth-order valence-corrected chi connectivity index (χ4v) is 4.80. The highest BCUT2D eigenvalue weighted by molar-refractivity contribution is 5.99. The van der Waals surface area contributed by atoms with Crippen molar-refractivity contribution in [3.63, 3.8) is 0 Å². The van der Waals surface area contributed by atoms with Crippen molar-refractivity contribution in [2.75, 3.05) is 34.5 Å². The topological polar surface area (TPSA) is 140 Å². The molecule has 2 rings (SSSR count). The van der Waals surface area contributed by atoms with Crippen molar-refractivity contribution in [3.8, 4) is 17.2 Å². The third-order valence-corrected chi connectivity index (χ3v) is 6.75. The number of primary amides is 1. The van der Waals surface area contributed by atoms with Gasteiger partial charge in [0.05, 0.1) is 33.9 Å². The molecule has 1 unspecified atom stereocenters. The number of unbranched alkanes of at least 4 members (excludes halogenated alkanes) is 2. The average molecular weight is 508 g/mol. The molecule has 202 valence electrons. The van der Waals surface area contributed by atoms with Crippen LogP contribution in [0.15, 0.2) is 12.1 Å². The second-order valence-electron chi connectivity index (χ2n) is 9.12. The first-order valence-electron chi connectivity index (χ1n) is 12.6. The van der Waals surface area contributed by atoms with Crippen LogP contribution in [0.25, 0.3) is 0 Å². The van der Waals surface area contributed by atoms with Crippen molar-refractivity contribution >= 4 is 17.8 Å². The molecule has 1 saturated carbocycles. The standard InChI is InChI=1S/C26H41N3O7/c1-5-6-10-13-29(26(33)28-19(16-30)24(27)31)25(32)22(17-11-8-7-9-12-17)18-14-20(34-2)23(36-4)21(15-18)35-3/h14-15,17,19,22,30H,5-13,16H2,1-4H3,(H2,27,31)(H,28,33)/t19-,22?/m1/s1. The molecule has 0 saturated heterocycles. The molecule has 0 aliphatic heterocycles. The molecule has 10 nitrogen and oxygen atoms in total. The first-order chi connectivity index (χ1) is 17.3. The lowest BCUT2D eigenvalue weighted by atomic mass is 9.76. The molecule has 0 bridgehead atoms. The van der Waals surface area contributed by atoms with Crippen molar-refractivity contribution < 1.29 is 33.7 Å². The Labute approximate surface area is 213 Å². The van der Waals surface area contributed by atoms with E-state index in [1.165, 1.54) is 21.3 Å². The van der Waals surface area contributed by atoms with Crippen LogP contribution in [0.2, 0.25) is 0 Å². The van der Waals surface area contributed by atoms with Crippen LogP contribution in [0.4, 0.5) is 4.79 Å². The zero-order valence-electron chi connectivity index (χ0n) is 21.9. The van der Waals surface area contributed by atoms with Crippen LogP contribution in [0, 0.1) is 5.92 Å². The van der Waals surface area contributed by atoms with E-state index in [2.05, 4.69) is 5.32 Å². The Hall–Kier alpha value is -3.01. The van der Waals surface area contributed by atoms with Crippen LogP contribution >= 0.6 is 0 Å². The molecular weight excluding hydrogens is 466 g/mol. The summed E-state index contributed by atoms with van der Waals surface area (Å²) in [5.41, 5.74) is 5.97. The highest BCUT2D eigenvalue weighted by Crippen LogP contribution is 2.44. The van der Waals surface area contributed by atoms with Crippen LogP contribution in [0.5, 0.6) is 17.2 Å². The summed E-state index contributed by atoms with van der Waals surface area (Å²) in [7, 11) is 4.55. The summed E-state index contributed by atoms with van der Waals surface area (Å²) in [6.45, 7) is 1.56. The largest absolute Gasteiger partial charge is 0.493 e. The summed E-state index contributed by atoms with van der Waals surface area (Å²) in [6.07, 6.45) is 7.13. The van der Waals surface area contributed by atoms with E-state index in [4.69, 9.17) is 19.9 Å². The van der Waals surface area contributed by atoms with E-state index in [1.54, 1.807) is 12.1 Å². The predicted octanol–water partition coefficient (Wildman–Crippen LogP) is 2.95. The third-order valence-electron chi connectivity index (χ3n) is 6.75. The molecule has 1 aromatic carbocycles. The normalized spacial score (nSPS) is 15.5. The van der Waals surface area contributed by atoms with Crippen molar-refractivity contribution in [1.82, 2.24) is 10.2 Å². The van der Waals surface area contributed by atoms with Crippen LogP contribution in [0.3, 0.4) is 0 Å². The number of hydrogen-bond acceptors (Lipinski definition) is 7. The van der Waals surface area contributed by atoms with Crippen molar-refractivity contribution in [1.29, 1.82) is 0 Å². The maximum atomic E-state index is 14.1. The molecular formula is C26H41N3O7. The Morgan fingerprint density at radius 1 is 1.06 bits per heavy atom. The number of carbonyl (C=O) groups excluding carboxylic acids is 3. The summed E-state index contributed by atoms with van der Waals surface area (Å²) >= 11 is 0. The molecule has 1 fully saturated rings. The van der Waals surface area contributed by atoms with Gasteiger partial charge in [-0.3, -0.25) is 14.5 Å². The van der Waals surface area contributed by atoms with Crippen molar-refractivity contribution in [2.24, 2.45) is 11.7 Å². The number of urea groups is 1. The minimum atomic E-state index is -1.28. The molecule has 4 N–H and O–H groups in total. The van der Waals surface area contributed by atoms with Crippen LogP contribution in [0.1, 0.15) is 69.8 Å². The first-order valence-corrected chi connectivity index (χ1v) is 12.6. The van der Waals surface area contributed by atoms with Gasteiger partial charge in [0.15, 0.2) is 11.5 Å². The second kappa shape index (κ2) is 14.5. The molecule has 0 aromatic heterocycles. The number of rotatable bonds is 13. The number of hydrogen-bond donors (Lipinski definition) is 3. The molecule has 1 aromatic rings. The molecule has 0 spiro atoms. The number of carbonyl (C=O) groups is 3. The summed E-state index contributed by atoms with van der Waals surface area (Å²) in [6, 6.07) is 1.50. The molecule has 0 heterocycles. The van der Waals surface area contributed by atoms with Crippen molar-refractivity contribution in [2.45, 2.75) is 70.3 Å². The lowest BCUT2D eigenvalue weighted by Gasteiger charge is -2.34. The maximum absolute atomic E-state index is 14.1. The minimum Gasteiger partial charge on any atom is -0.493 e. The number of nitrogens with two attached hydrogens (primary N) is 1. The third kappa shape index (κ3) is 7.25. The monoisotopic (exact) mass is 507 g/mol. The smallest absolute Gasteiger partial charge is 0.324 e. The number of benzene rings is 1. The molecule has 2 atom stereocenters. The van der Waals surface area contributed by atoms with E-state index >= 15 is 0 Å². The molecule has 0 radical (unpaired) electrons. The van der Waals surface area contributed by atoms with Gasteiger partial charge in [-0.2, -0.15) is 0 Å². The minimum absolute atomic E-state index is 0.0142. The Morgan fingerprint density at radius 3 is 2.14 bits per heavy atom. The van der Waals surface area contributed by atoms with Gasteiger partial charge in [0.25, 0.3) is 0 Å². The lowest BCUT2D eigenvalue weighted by molar-refractivity contribution is -0.132. The van der Waals surface area contributed by atoms with E-state index in [1.807, 2.05) is 6.92 Å². The summed E-state index contributed by atoms with van der Waals surface area (Å²) in [5, 5.41) is 11.9. The van der Waals surface area contributed by atoms with Crippen LogP contribution in [-0.4, -0.2) is 68.4 Å². The quantitative estimate of drug-likeness (QED) is 0.349. The number of nitrogens with one attached hydrogen (secondary N) is 1. The van der Waals surface area contributed by atoms with Gasteiger partial charge >= 0.3 is 6.03 Å². The number of ether oxygens (including phenoxy) is 3. The van der Waals surface area contributed by atoms with E-state index in [0.29, 0.717) is 29.2 Å². The van der Waals surface area contributed by atoms with Gasteiger partial charge in [-0.1, -0.05) is 39.0 Å². The Bertz CT molecular complexity index is 861. The number of nitrogens with zero attached hydrogens (tertiary/aromatic N) is 1. The zero-order chi connectivity index (χ0) is 26.7. The number of amides is 4. The lowest BCUT2D eigenvalue weighted by Crippen LogP contribution is -2.54. The highest BCUT2D eigenvalue weighted by Gasteiger charge is 2.38. The van der Waals surface area contributed by atoms with Crippen LogP contribution < -0.4 is 25.3 Å². The van der Waals surface area contributed by atoms with Gasteiger partial charge in [0.2, 0.25) is 17.6 Å². The van der Waals surface area contributed by atoms with E-state index < -0.39 is 30.5 Å². The first kappa shape index (κ1) is 29.2. The zero-order valence-corrected chi connectivity index (χ0v) is 21.9. The Balaban J connectivity index is 2.54. The average Bonchev–Trinajstić information content (AvgIpc) is 2.89. The molecule has 10 heteroatoms. The van der Waals surface area contributed by atoms with E-state index in [9.17, 15) is 19.5 Å². The van der Waals surface area contributed by atoms with Gasteiger partial charge in [0.1, 0.15) is 6.04 Å². The number of imide groups is 1. The van der Waals surface area contributed by atoms with Gasteiger partial charge in [-0.05, 0) is 42.9 Å². The molecule has 4 amide bonds. The maximum Gasteiger partial charge on any atom is 0.324 e. The summed E-state index contributed by atoms with van der Waals surface area (Å²) < 4.78 is 16.5. The van der Waals surface area contributed by atoms with Crippen molar-refractivity contribution in [3.05, 3.63) is 17.7 Å².